The summed E-state index contributed by atoms with van der Waals surface area (Å²) in [6.07, 6.45) is 1.16. The summed E-state index contributed by atoms with van der Waals surface area (Å²) in [4.78, 5) is 23.3. The molecule has 3 N–H and O–H groups in total. The second-order valence-corrected chi connectivity index (χ2v) is 4.86. The lowest BCUT2D eigenvalue weighted by Crippen LogP contribution is -2.22. The first-order chi connectivity index (χ1) is 9.51. The van der Waals surface area contributed by atoms with Crippen molar-refractivity contribution in [2.45, 2.75) is 19.8 Å². The molecule has 0 fully saturated rings. The molecule has 0 saturated carbocycles. The Labute approximate surface area is 123 Å². The van der Waals surface area contributed by atoms with Gasteiger partial charge in [0.25, 0.3) is 0 Å². The van der Waals surface area contributed by atoms with Gasteiger partial charge >= 0.3 is 5.97 Å². The van der Waals surface area contributed by atoms with Crippen LogP contribution in [0.4, 0.5) is 5.69 Å². The van der Waals surface area contributed by atoms with Crippen molar-refractivity contribution in [1.29, 1.82) is 0 Å². The molecule has 1 aromatic carbocycles. The van der Waals surface area contributed by atoms with Gasteiger partial charge in [0, 0.05) is 6.42 Å². The summed E-state index contributed by atoms with van der Waals surface area (Å²) in [6, 6.07) is 4.58. The van der Waals surface area contributed by atoms with E-state index in [0.29, 0.717) is 29.2 Å². The quantitative estimate of drug-likeness (QED) is 0.790. The molecule has 6 heteroatoms. The summed E-state index contributed by atoms with van der Waals surface area (Å²) < 4.78 is 4.62. The van der Waals surface area contributed by atoms with E-state index >= 15 is 0 Å². The smallest absolute Gasteiger partial charge is 0.337 e. The largest absolute Gasteiger partial charge is 0.465 e. The fourth-order valence-electron chi connectivity index (χ4n) is 1.72. The van der Waals surface area contributed by atoms with Gasteiger partial charge in [-0.1, -0.05) is 24.9 Å². The summed E-state index contributed by atoms with van der Waals surface area (Å²) in [6.45, 7) is 2.44. The Bertz CT molecular complexity index is 487. The van der Waals surface area contributed by atoms with E-state index in [9.17, 15) is 9.59 Å². The molecule has 110 valence electrons. The lowest BCUT2D eigenvalue weighted by molar-refractivity contribution is -0.117. The second-order valence-electron chi connectivity index (χ2n) is 4.45. The van der Waals surface area contributed by atoms with E-state index in [0.717, 1.165) is 6.42 Å². The molecule has 0 saturated heterocycles. The zero-order valence-corrected chi connectivity index (χ0v) is 12.4. The van der Waals surface area contributed by atoms with Crippen molar-refractivity contribution in [2.75, 3.05) is 19.0 Å². The predicted molar refractivity (Wildman–Crippen MR) is 78.9 cm³/mol. The van der Waals surface area contributed by atoms with Gasteiger partial charge in [-0.05, 0) is 30.7 Å². The van der Waals surface area contributed by atoms with E-state index in [2.05, 4.69) is 10.1 Å². The van der Waals surface area contributed by atoms with Crippen molar-refractivity contribution in [3.63, 3.8) is 0 Å². The monoisotopic (exact) mass is 298 g/mol. The highest BCUT2D eigenvalue weighted by molar-refractivity contribution is 6.33. The van der Waals surface area contributed by atoms with E-state index in [1.807, 2.05) is 6.92 Å². The average molecular weight is 299 g/mol. The number of benzene rings is 1. The van der Waals surface area contributed by atoms with Crippen LogP contribution in [-0.2, 0) is 9.53 Å². The molecule has 20 heavy (non-hydrogen) atoms. The minimum Gasteiger partial charge on any atom is -0.465 e. The molecule has 0 aliphatic heterocycles. The van der Waals surface area contributed by atoms with Crippen LogP contribution in [-0.4, -0.2) is 25.5 Å². The van der Waals surface area contributed by atoms with Crippen LogP contribution in [0.2, 0.25) is 5.02 Å². The molecule has 1 unspecified atom stereocenters. The Morgan fingerprint density at radius 3 is 2.70 bits per heavy atom. The van der Waals surface area contributed by atoms with Crippen LogP contribution in [0.1, 0.15) is 30.1 Å². The van der Waals surface area contributed by atoms with Gasteiger partial charge in [-0.15, -0.1) is 0 Å². The van der Waals surface area contributed by atoms with Gasteiger partial charge in [0.15, 0.2) is 0 Å². The zero-order valence-electron chi connectivity index (χ0n) is 11.6. The maximum absolute atomic E-state index is 11.9. The van der Waals surface area contributed by atoms with Crippen LogP contribution in [0.15, 0.2) is 18.2 Å². The van der Waals surface area contributed by atoms with Gasteiger partial charge < -0.3 is 15.8 Å². The van der Waals surface area contributed by atoms with Crippen molar-refractivity contribution >= 4 is 29.2 Å². The van der Waals surface area contributed by atoms with E-state index < -0.39 is 5.97 Å². The summed E-state index contributed by atoms with van der Waals surface area (Å²) in [5, 5.41) is 3.06. The molecule has 1 rings (SSSR count). The Hall–Kier alpha value is -1.59. The second kappa shape index (κ2) is 7.87. The van der Waals surface area contributed by atoms with Gasteiger partial charge in [-0.2, -0.15) is 0 Å². The van der Waals surface area contributed by atoms with E-state index in [1.165, 1.54) is 13.2 Å². The van der Waals surface area contributed by atoms with E-state index in [1.54, 1.807) is 12.1 Å². The number of nitrogens with one attached hydrogen (secondary N) is 1. The third-order valence-electron chi connectivity index (χ3n) is 3.05. The first kappa shape index (κ1) is 16.5. The number of carbonyl (C=O) groups is 2. The Morgan fingerprint density at radius 2 is 2.15 bits per heavy atom. The summed E-state index contributed by atoms with van der Waals surface area (Å²) in [7, 11) is 1.29. The van der Waals surface area contributed by atoms with Gasteiger partial charge in [0.05, 0.1) is 23.4 Å². The highest BCUT2D eigenvalue weighted by atomic mass is 35.5. The van der Waals surface area contributed by atoms with Gasteiger partial charge in [0.1, 0.15) is 0 Å². The molecule has 0 heterocycles. The number of hydrogen-bond donors (Lipinski definition) is 2. The third-order valence-corrected chi connectivity index (χ3v) is 3.38. The highest BCUT2D eigenvalue weighted by Crippen LogP contribution is 2.24. The first-order valence-corrected chi connectivity index (χ1v) is 6.77. The average Bonchev–Trinajstić information content (AvgIpc) is 2.46. The number of anilines is 1. The summed E-state index contributed by atoms with van der Waals surface area (Å²) in [5.41, 5.74) is 6.30. The van der Waals surface area contributed by atoms with Gasteiger partial charge in [-0.25, -0.2) is 4.79 Å². The van der Waals surface area contributed by atoms with Crippen molar-refractivity contribution in [3.8, 4) is 0 Å². The van der Waals surface area contributed by atoms with Crippen molar-refractivity contribution in [2.24, 2.45) is 11.7 Å². The Balaban J connectivity index is 2.81. The number of ether oxygens (including phenoxy) is 1. The molecule has 0 aliphatic rings. The Morgan fingerprint density at radius 1 is 1.45 bits per heavy atom. The number of amides is 1. The van der Waals surface area contributed by atoms with Crippen molar-refractivity contribution in [3.05, 3.63) is 28.8 Å². The van der Waals surface area contributed by atoms with Crippen LogP contribution in [0, 0.1) is 5.92 Å². The normalized spacial score (nSPS) is 11.8. The SMILES string of the molecule is CCC(CN)CC(=O)Nc1cc(C(=O)OC)ccc1Cl. The van der Waals surface area contributed by atoms with Crippen LogP contribution >= 0.6 is 11.6 Å². The van der Waals surface area contributed by atoms with Gasteiger partial charge in [0.2, 0.25) is 5.91 Å². The number of methoxy groups -OCH3 is 1. The molecule has 0 spiro atoms. The fraction of sp³-hybridized carbons (Fsp3) is 0.429. The molecule has 0 aromatic heterocycles. The molecule has 0 aliphatic carbocycles. The molecule has 5 nitrogen and oxygen atoms in total. The maximum Gasteiger partial charge on any atom is 0.337 e. The third kappa shape index (κ3) is 4.51. The minimum atomic E-state index is -0.481. The van der Waals surface area contributed by atoms with Crippen molar-refractivity contribution < 1.29 is 14.3 Å². The molecular formula is C14H19ClN2O3. The standard InChI is InChI=1S/C14H19ClN2O3/c1-3-9(8-16)6-13(18)17-12-7-10(14(19)20-2)4-5-11(12)15/h4-5,7,9H,3,6,8,16H2,1-2H3,(H,17,18). The Kier molecular flexibility index (Phi) is 6.48. The lowest BCUT2D eigenvalue weighted by Gasteiger charge is -2.13. The molecule has 0 radical (unpaired) electrons. The zero-order chi connectivity index (χ0) is 15.1. The van der Waals surface area contributed by atoms with Gasteiger partial charge in [-0.3, -0.25) is 4.79 Å². The fourth-order valence-corrected chi connectivity index (χ4v) is 1.89. The molecule has 1 atom stereocenters. The first-order valence-electron chi connectivity index (χ1n) is 6.39. The topological polar surface area (TPSA) is 81.4 Å². The van der Waals surface area contributed by atoms with E-state index in [-0.39, 0.29) is 11.8 Å². The molecule has 1 amide bonds. The van der Waals surface area contributed by atoms with E-state index in [4.69, 9.17) is 17.3 Å². The maximum atomic E-state index is 11.9. The van der Waals surface area contributed by atoms with Crippen LogP contribution in [0.3, 0.4) is 0 Å². The van der Waals surface area contributed by atoms with Crippen LogP contribution in [0.25, 0.3) is 0 Å². The van der Waals surface area contributed by atoms with Crippen LogP contribution in [0.5, 0.6) is 0 Å². The summed E-state index contributed by atoms with van der Waals surface area (Å²) in [5.74, 6) is -0.519. The number of rotatable bonds is 6. The number of carbonyl (C=O) groups excluding carboxylic acids is 2. The van der Waals surface area contributed by atoms with Crippen LogP contribution < -0.4 is 11.1 Å². The molecule has 0 bridgehead atoms. The summed E-state index contributed by atoms with van der Waals surface area (Å²) >= 11 is 6.00. The lowest BCUT2D eigenvalue weighted by atomic mass is 10.0. The number of nitrogens with two attached hydrogens (primary N) is 1. The number of hydrogen-bond acceptors (Lipinski definition) is 4. The van der Waals surface area contributed by atoms with Crippen molar-refractivity contribution in [1.82, 2.24) is 0 Å². The minimum absolute atomic E-state index is 0.137. The number of halogens is 1. The predicted octanol–water partition coefficient (Wildman–Crippen LogP) is 2.44. The highest BCUT2D eigenvalue weighted by Gasteiger charge is 2.14. The number of esters is 1. The molecule has 1 aromatic rings. The molecular weight excluding hydrogens is 280 g/mol.